The van der Waals surface area contributed by atoms with E-state index in [9.17, 15) is 0 Å². The molecule has 0 aromatic carbocycles. The van der Waals surface area contributed by atoms with Crippen molar-refractivity contribution < 1.29 is 14.6 Å². The first kappa shape index (κ1) is 16.0. The molecule has 2 rings (SSSR count). The Hall–Kier alpha value is -0.380. The second-order valence-electron chi connectivity index (χ2n) is 7.06. The number of aliphatic hydroxyl groups excluding tert-OH is 1. The highest BCUT2D eigenvalue weighted by atomic mass is 16.6. The third kappa shape index (κ3) is 4.06. The van der Waals surface area contributed by atoms with Crippen LogP contribution < -0.4 is 0 Å². The van der Waals surface area contributed by atoms with Gasteiger partial charge >= 0.3 is 0 Å². The maximum absolute atomic E-state index is 8.85. The largest absolute Gasteiger partial charge is 0.396 e. The van der Waals surface area contributed by atoms with Crippen LogP contribution in [0.25, 0.3) is 0 Å². The lowest BCUT2D eigenvalue weighted by Gasteiger charge is -2.07. The van der Waals surface area contributed by atoms with Crippen LogP contribution in [0.15, 0.2) is 11.6 Å². The van der Waals surface area contributed by atoms with Gasteiger partial charge in [-0.15, -0.1) is 0 Å². The number of hydrogen-bond acceptors (Lipinski definition) is 3. The third-order valence-corrected chi connectivity index (χ3v) is 4.79. The highest BCUT2D eigenvalue weighted by Gasteiger charge is 2.55. The molecular formula is C17H30O3. The molecule has 0 bridgehead atoms. The van der Waals surface area contributed by atoms with Gasteiger partial charge in [0.25, 0.3) is 0 Å². The molecule has 2 saturated heterocycles. The molecule has 4 atom stereocenters. The second-order valence-corrected chi connectivity index (χ2v) is 7.06. The summed E-state index contributed by atoms with van der Waals surface area (Å²) in [5, 5.41) is 8.85. The molecule has 1 N–H and O–H groups in total. The van der Waals surface area contributed by atoms with E-state index in [0.717, 1.165) is 38.5 Å². The number of aliphatic hydroxyl groups is 1. The van der Waals surface area contributed by atoms with Gasteiger partial charge in [-0.2, -0.15) is 0 Å². The van der Waals surface area contributed by atoms with Crippen molar-refractivity contribution in [2.75, 3.05) is 6.61 Å². The van der Waals surface area contributed by atoms with Gasteiger partial charge in [0.1, 0.15) is 0 Å². The first-order valence-electron chi connectivity index (χ1n) is 7.99. The van der Waals surface area contributed by atoms with Crippen molar-refractivity contribution in [3.05, 3.63) is 11.6 Å². The fourth-order valence-electron chi connectivity index (χ4n) is 3.09. The van der Waals surface area contributed by atoms with E-state index in [0.29, 0.717) is 12.2 Å². The predicted molar refractivity (Wildman–Crippen MR) is 80.8 cm³/mol. The van der Waals surface area contributed by atoms with E-state index in [1.54, 1.807) is 0 Å². The molecule has 0 aromatic rings. The fraction of sp³-hybridized carbons (Fsp3) is 0.882. The summed E-state index contributed by atoms with van der Waals surface area (Å²) in [5.74, 6) is 0. The lowest BCUT2D eigenvalue weighted by Crippen LogP contribution is -2.15. The SMILES string of the molecule is CC(C)=CCC[C@@]1(C)O[C@@H]1CC[C@]1(C)O[C@H]1CCCO. The normalized spacial score (nSPS) is 38.6. The van der Waals surface area contributed by atoms with E-state index in [-0.39, 0.29) is 17.8 Å². The number of rotatable bonds is 9. The Kier molecular flexibility index (Phi) is 4.93. The van der Waals surface area contributed by atoms with Crippen LogP contribution in [0.5, 0.6) is 0 Å². The third-order valence-electron chi connectivity index (χ3n) is 4.79. The molecule has 0 spiro atoms. The van der Waals surface area contributed by atoms with Crippen molar-refractivity contribution >= 4 is 0 Å². The van der Waals surface area contributed by atoms with Crippen molar-refractivity contribution in [2.45, 2.75) is 89.6 Å². The van der Waals surface area contributed by atoms with Crippen LogP contribution in [-0.2, 0) is 9.47 Å². The van der Waals surface area contributed by atoms with Crippen LogP contribution in [0, 0.1) is 0 Å². The molecule has 0 aliphatic carbocycles. The first-order valence-corrected chi connectivity index (χ1v) is 7.99. The number of ether oxygens (including phenoxy) is 2. The van der Waals surface area contributed by atoms with E-state index < -0.39 is 0 Å². The van der Waals surface area contributed by atoms with Gasteiger partial charge in [-0.1, -0.05) is 11.6 Å². The molecule has 0 amide bonds. The smallest absolute Gasteiger partial charge is 0.0923 e. The lowest BCUT2D eigenvalue weighted by molar-refractivity contribution is 0.260. The van der Waals surface area contributed by atoms with Crippen molar-refractivity contribution in [1.82, 2.24) is 0 Å². The Labute approximate surface area is 123 Å². The summed E-state index contributed by atoms with van der Waals surface area (Å²) in [6, 6.07) is 0. The van der Waals surface area contributed by atoms with Gasteiger partial charge in [0, 0.05) is 6.61 Å². The first-order chi connectivity index (χ1) is 9.39. The van der Waals surface area contributed by atoms with E-state index in [2.05, 4.69) is 33.8 Å². The molecule has 0 saturated carbocycles. The monoisotopic (exact) mass is 282 g/mol. The molecule has 2 fully saturated rings. The molecule has 20 heavy (non-hydrogen) atoms. The fourth-order valence-corrected chi connectivity index (χ4v) is 3.09. The molecular weight excluding hydrogens is 252 g/mol. The zero-order chi connectivity index (χ0) is 14.8. The second kappa shape index (κ2) is 6.17. The van der Waals surface area contributed by atoms with E-state index in [4.69, 9.17) is 14.6 Å². The lowest BCUT2D eigenvalue weighted by atomic mass is 9.93. The molecule has 2 heterocycles. The summed E-state index contributed by atoms with van der Waals surface area (Å²) in [6.45, 7) is 8.98. The highest BCUT2D eigenvalue weighted by molar-refractivity contribution is 5.05. The van der Waals surface area contributed by atoms with E-state index in [1.165, 1.54) is 5.57 Å². The van der Waals surface area contributed by atoms with Gasteiger partial charge in [-0.25, -0.2) is 0 Å². The molecule has 2 aliphatic heterocycles. The Morgan fingerprint density at radius 2 is 1.65 bits per heavy atom. The summed E-state index contributed by atoms with van der Waals surface area (Å²) in [6.07, 6.45) is 9.29. The minimum absolute atomic E-state index is 0.0436. The van der Waals surface area contributed by atoms with Crippen LogP contribution in [-0.4, -0.2) is 35.1 Å². The van der Waals surface area contributed by atoms with Crippen molar-refractivity contribution in [2.24, 2.45) is 0 Å². The average Bonchev–Trinajstić information content (AvgIpc) is 3.22. The van der Waals surface area contributed by atoms with Crippen molar-refractivity contribution in [3.63, 3.8) is 0 Å². The Bertz CT molecular complexity index is 361. The molecule has 0 unspecified atom stereocenters. The summed E-state index contributed by atoms with van der Waals surface area (Å²) in [4.78, 5) is 0. The van der Waals surface area contributed by atoms with Gasteiger partial charge in [-0.05, 0) is 66.2 Å². The number of epoxide rings is 2. The van der Waals surface area contributed by atoms with Crippen LogP contribution in [0.4, 0.5) is 0 Å². The average molecular weight is 282 g/mol. The summed E-state index contributed by atoms with van der Waals surface area (Å²) in [7, 11) is 0. The number of hydrogen-bond donors (Lipinski definition) is 1. The van der Waals surface area contributed by atoms with Gasteiger partial charge in [-0.3, -0.25) is 0 Å². The maximum atomic E-state index is 8.85. The summed E-state index contributed by atoms with van der Waals surface area (Å²) >= 11 is 0. The Balaban J connectivity index is 1.63. The molecule has 0 aromatic heterocycles. The van der Waals surface area contributed by atoms with E-state index >= 15 is 0 Å². The molecule has 0 radical (unpaired) electrons. The zero-order valence-corrected chi connectivity index (χ0v) is 13.4. The Morgan fingerprint density at radius 1 is 1.05 bits per heavy atom. The summed E-state index contributed by atoms with van der Waals surface area (Å²) < 4.78 is 11.7. The van der Waals surface area contributed by atoms with Crippen LogP contribution in [0.1, 0.15) is 66.2 Å². The van der Waals surface area contributed by atoms with Gasteiger partial charge < -0.3 is 14.6 Å². The van der Waals surface area contributed by atoms with Crippen LogP contribution in [0.3, 0.4) is 0 Å². The predicted octanol–water partition coefficient (Wildman–Crippen LogP) is 3.60. The van der Waals surface area contributed by atoms with E-state index in [1.807, 2.05) is 0 Å². The van der Waals surface area contributed by atoms with Crippen LogP contribution >= 0.6 is 0 Å². The van der Waals surface area contributed by atoms with Crippen LogP contribution in [0.2, 0.25) is 0 Å². The topological polar surface area (TPSA) is 45.3 Å². The molecule has 3 heteroatoms. The minimum Gasteiger partial charge on any atom is -0.396 e. The maximum Gasteiger partial charge on any atom is 0.0923 e. The Morgan fingerprint density at radius 3 is 2.25 bits per heavy atom. The summed E-state index contributed by atoms with van der Waals surface area (Å²) in [5.41, 5.74) is 1.52. The quantitative estimate of drug-likeness (QED) is 0.519. The highest BCUT2D eigenvalue weighted by Crippen LogP contribution is 2.48. The van der Waals surface area contributed by atoms with Gasteiger partial charge in [0.05, 0.1) is 23.4 Å². The number of allylic oxidation sites excluding steroid dienone is 2. The molecule has 3 nitrogen and oxygen atoms in total. The van der Waals surface area contributed by atoms with Crippen molar-refractivity contribution in [1.29, 1.82) is 0 Å². The van der Waals surface area contributed by atoms with Gasteiger partial charge in [0.15, 0.2) is 0 Å². The molecule has 116 valence electrons. The van der Waals surface area contributed by atoms with Crippen molar-refractivity contribution in [3.8, 4) is 0 Å². The minimum atomic E-state index is 0.0436. The standard InChI is InChI=1S/C17H30O3/c1-13(2)7-5-10-16(3)15(20-16)9-11-17(4)14(19-17)8-6-12-18/h7,14-15,18H,5-6,8-12H2,1-4H3/t14-,15+,16+,17-/m0/s1. The molecule has 2 aliphatic rings. The zero-order valence-electron chi connectivity index (χ0n) is 13.4. The van der Waals surface area contributed by atoms with Gasteiger partial charge in [0.2, 0.25) is 0 Å².